The van der Waals surface area contributed by atoms with Crippen LogP contribution in [0, 0.1) is 0 Å². The SMILES string of the molecule is CCCCc1cc(-c2ccccc2)cc2c3cc(-c4ccccc4)cc(C4=CC/C=C\CC=C4)c3n(-c3ccccc3)c12. The van der Waals surface area contributed by atoms with Crippen LogP contribution in [0.25, 0.3) is 55.3 Å². The lowest BCUT2D eigenvalue weighted by Crippen LogP contribution is -2.00. The van der Waals surface area contributed by atoms with Crippen LogP contribution in [0.1, 0.15) is 43.7 Å². The number of aryl methyl sites for hydroxylation is 1. The Labute approximate surface area is 255 Å². The number of aromatic nitrogens is 1. The Hall–Kier alpha value is -4.88. The van der Waals surface area contributed by atoms with Crippen molar-refractivity contribution in [2.45, 2.75) is 39.0 Å². The van der Waals surface area contributed by atoms with Crippen LogP contribution in [-0.4, -0.2) is 4.57 Å². The van der Waals surface area contributed by atoms with Crippen LogP contribution in [0.15, 0.2) is 146 Å². The summed E-state index contributed by atoms with van der Waals surface area (Å²) < 4.78 is 2.55. The third-order valence-electron chi connectivity index (χ3n) is 8.59. The maximum Gasteiger partial charge on any atom is 0.0619 e. The first-order valence-corrected chi connectivity index (χ1v) is 15.6. The van der Waals surface area contributed by atoms with Crippen molar-refractivity contribution in [2.75, 3.05) is 0 Å². The Balaban J connectivity index is 1.66. The van der Waals surface area contributed by atoms with Crippen LogP contribution < -0.4 is 0 Å². The van der Waals surface area contributed by atoms with Crippen molar-refractivity contribution >= 4 is 27.4 Å². The molecule has 7 rings (SSSR count). The van der Waals surface area contributed by atoms with E-state index in [-0.39, 0.29) is 0 Å². The summed E-state index contributed by atoms with van der Waals surface area (Å²) in [5.74, 6) is 0. The van der Waals surface area contributed by atoms with Gasteiger partial charge in [-0.15, -0.1) is 0 Å². The molecule has 43 heavy (non-hydrogen) atoms. The highest BCUT2D eigenvalue weighted by molar-refractivity contribution is 6.16. The summed E-state index contributed by atoms with van der Waals surface area (Å²) in [5.41, 5.74) is 12.8. The molecule has 1 nitrogen and oxygen atoms in total. The summed E-state index contributed by atoms with van der Waals surface area (Å²) in [4.78, 5) is 0. The Morgan fingerprint density at radius 1 is 0.581 bits per heavy atom. The molecule has 0 atom stereocenters. The number of para-hydroxylation sites is 1. The van der Waals surface area contributed by atoms with E-state index in [9.17, 15) is 0 Å². The maximum atomic E-state index is 2.55. The summed E-state index contributed by atoms with van der Waals surface area (Å²) in [6.07, 6.45) is 16.8. The minimum atomic E-state index is 0.933. The van der Waals surface area contributed by atoms with Gasteiger partial charge in [0.2, 0.25) is 0 Å². The van der Waals surface area contributed by atoms with E-state index in [1.165, 1.54) is 66.4 Å². The second-order valence-electron chi connectivity index (χ2n) is 11.5. The highest BCUT2D eigenvalue weighted by Crippen LogP contribution is 2.43. The number of fused-ring (bicyclic) bond motifs is 3. The van der Waals surface area contributed by atoms with Gasteiger partial charge in [0.15, 0.2) is 0 Å². The summed E-state index contributed by atoms with van der Waals surface area (Å²) in [5, 5.41) is 2.62. The molecule has 1 aliphatic carbocycles. The van der Waals surface area contributed by atoms with Gasteiger partial charge in [-0.1, -0.05) is 123 Å². The molecule has 1 aliphatic rings. The van der Waals surface area contributed by atoms with Gasteiger partial charge in [0.1, 0.15) is 0 Å². The van der Waals surface area contributed by atoms with Gasteiger partial charge in [0, 0.05) is 22.0 Å². The molecule has 0 amide bonds. The molecular weight excluding hydrogens is 518 g/mol. The Kier molecular flexibility index (Phi) is 7.63. The van der Waals surface area contributed by atoms with Gasteiger partial charge in [0.25, 0.3) is 0 Å². The van der Waals surface area contributed by atoms with Crippen LogP contribution in [0.2, 0.25) is 0 Å². The topological polar surface area (TPSA) is 4.93 Å². The van der Waals surface area contributed by atoms with Gasteiger partial charge in [-0.05, 0) is 95.5 Å². The Morgan fingerprint density at radius 2 is 1.19 bits per heavy atom. The van der Waals surface area contributed by atoms with Crippen molar-refractivity contribution in [3.05, 3.63) is 157 Å². The molecule has 1 aromatic heterocycles. The molecule has 0 spiro atoms. The van der Waals surface area contributed by atoms with Crippen molar-refractivity contribution in [2.24, 2.45) is 0 Å². The van der Waals surface area contributed by atoms with Crippen molar-refractivity contribution < 1.29 is 0 Å². The van der Waals surface area contributed by atoms with Crippen molar-refractivity contribution in [3.8, 4) is 27.9 Å². The monoisotopic (exact) mass is 555 g/mol. The zero-order valence-electron chi connectivity index (χ0n) is 24.8. The second kappa shape index (κ2) is 12.2. The molecule has 0 saturated carbocycles. The van der Waals surface area contributed by atoms with E-state index in [0.29, 0.717) is 0 Å². The van der Waals surface area contributed by atoms with Crippen LogP contribution in [0.3, 0.4) is 0 Å². The van der Waals surface area contributed by atoms with Crippen LogP contribution in [-0.2, 0) is 6.42 Å². The molecule has 210 valence electrons. The lowest BCUT2D eigenvalue weighted by Gasteiger charge is -2.16. The number of unbranched alkanes of at least 4 members (excludes halogenated alkanes) is 1. The fourth-order valence-electron chi connectivity index (χ4n) is 6.49. The smallest absolute Gasteiger partial charge is 0.0619 e. The first kappa shape index (κ1) is 27.0. The quantitative estimate of drug-likeness (QED) is 0.173. The fourth-order valence-corrected chi connectivity index (χ4v) is 6.49. The number of hydrogen-bond donors (Lipinski definition) is 0. The first-order chi connectivity index (χ1) is 21.3. The summed E-state index contributed by atoms with van der Waals surface area (Å²) >= 11 is 0. The van der Waals surface area contributed by atoms with Gasteiger partial charge in [0.05, 0.1) is 11.0 Å². The van der Waals surface area contributed by atoms with Crippen LogP contribution >= 0.6 is 0 Å². The highest BCUT2D eigenvalue weighted by Gasteiger charge is 2.22. The van der Waals surface area contributed by atoms with E-state index in [4.69, 9.17) is 0 Å². The average Bonchev–Trinajstić information content (AvgIpc) is 3.39. The van der Waals surface area contributed by atoms with E-state index < -0.39 is 0 Å². The molecule has 0 aliphatic heterocycles. The summed E-state index contributed by atoms with van der Waals surface area (Å²) in [6.45, 7) is 2.29. The van der Waals surface area contributed by atoms with Gasteiger partial charge in [-0.3, -0.25) is 0 Å². The van der Waals surface area contributed by atoms with Gasteiger partial charge in [-0.2, -0.15) is 0 Å². The number of rotatable bonds is 7. The molecule has 6 aromatic rings. The number of allylic oxidation sites excluding steroid dienone is 6. The molecule has 0 radical (unpaired) electrons. The van der Waals surface area contributed by atoms with Crippen LogP contribution in [0.4, 0.5) is 0 Å². The average molecular weight is 556 g/mol. The highest BCUT2D eigenvalue weighted by atomic mass is 15.0. The second-order valence-corrected chi connectivity index (χ2v) is 11.5. The fraction of sp³-hybridized carbons (Fsp3) is 0.143. The van der Waals surface area contributed by atoms with Gasteiger partial charge < -0.3 is 4.57 Å². The Morgan fingerprint density at radius 3 is 1.86 bits per heavy atom. The van der Waals surface area contributed by atoms with Crippen molar-refractivity contribution in [3.63, 3.8) is 0 Å². The Bertz CT molecular complexity index is 1970. The lowest BCUT2D eigenvalue weighted by atomic mass is 9.93. The van der Waals surface area contributed by atoms with Gasteiger partial charge >= 0.3 is 0 Å². The lowest BCUT2D eigenvalue weighted by molar-refractivity contribution is 0.797. The molecule has 5 aromatic carbocycles. The molecular formula is C42H37N. The standard InChI is InChI=1S/C42H37N/c1-2-3-18-34-27-35(31-19-12-7-13-20-31)29-39-40-30-36(32-21-14-8-15-22-32)28-38(33-23-10-5-4-6-11-24-33)42(40)43(41(34)39)37-25-16-9-17-26-37/h4-5,7-9,11-17,19-30H,2-3,6,10,18H2,1H3/b5-4-,24-11?,33-23?. The number of hydrogen-bond acceptors (Lipinski definition) is 0. The molecule has 0 saturated heterocycles. The van der Waals surface area contributed by atoms with Crippen molar-refractivity contribution in [1.82, 2.24) is 4.57 Å². The predicted octanol–water partition coefficient (Wildman–Crippen LogP) is 11.7. The number of nitrogens with zero attached hydrogens (tertiary/aromatic N) is 1. The molecule has 0 N–H and O–H groups in total. The molecule has 1 heteroatoms. The van der Waals surface area contributed by atoms with Gasteiger partial charge in [-0.25, -0.2) is 0 Å². The number of benzene rings is 5. The molecule has 1 heterocycles. The van der Waals surface area contributed by atoms with E-state index in [1.807, 2.05) is 0 Å². The zero-order chi connectivity index (χ0) is 29.0. The zero-order valence-corrected chi connectivity index (χ0v) is 24.8. The first-order valence-electron chi connectivity index (χ1n) is 15.6. The van der Waals surface area contributed by atoms with E-state index in [1.54, 1.807) is 0 Å². The normalized spacial score (nSPS) is 14.0. The third-order valence-corrected chi connectivity index (χ3v) is 8.59. The van der Waals surface area contributed by atoms with Crippen molar-refractivity contribution in [1.29, 1.82) is 0 Å². The maximum absolute atomic E-state index is 2.55. The molecule has 0 fully saturated rings. The minimum absolute atomic E-state index is 0.933. The summed E-state index contributed by atoms with van der Waals surface area (Å²) in [6, 6.07) is 42.4. The predicted molar refractivity (Wildman–Crippen MR) is 186 cm³/mol. The summed E-state index contributed by atoms with van der Waals surface area (Å²) in [7, 11) is 0. The molecule has 0 bridgehead atoms. The van der Waals surface area contributed by atoms with E-state index in [0.717, 1.165) is 32.1 Å². The largest absolute Gasteiger partial charge is 0.308 e. The van der Waals surface area contributed by atoms with E-state index >= 15 is 0 Å². The van der Waals surface area contributed by atoms with Crippen LogP contribution in [0.5, 0.6) is 0 Å². The van der Waals surface area contributed by atoms with E-state index in [2.05, 4.69) is 157 Å². The molecule has 0 unspecified atom stereocenters. The third kappa shape index (κ3) is 5.28. The minimum Gasteiger partial charge on any atom is -0.308 e.